The first kappa shape index (κ1) is 30.0. The molecule has 0 aromatic carbocycles. The molecule has 0 aliphatic heterocycles. The molecule has 0 fully saturated rings. The maximum Gasteiger partial charge on any atom is 0.303 e. The van der Waals surface area contributed by atoms with E-state index in [9.17, 15) is 19.2 Å². The molecule has 13 nitrogen and oxygen atoms in total. The van der Waals surface area contributed by atoms with Gasteiger partial charge in [-0.25, -0.2) is 0 Å². The number of guanidine groups is 2. The third-order valence-corrected chi connectivity index (χ3v) is 4.68. The Hall–Kier alpha value is -3.03. The van der Waals surface area contributed by atoms with Gasteiger partial charge < -0.3 is 29.7 Å². The van der Waals surface area contributed by atoms with Crippen LogP contribution >= 0.6 is 11.9 Å². The lowest BCUT2D eigenvalue weighted by Gasteiger charge is -2.31. The molecular formula is C19H35N7O6S. The van der Waals surface area contributed by atoms with Crippen molar-refractivity contribution in [1.29, 1.82) is 10.8 Å². The Morgan fingerprint density at radius 1 is 1.03 bits per heavy atom. The zero-order valence-corrected chi connectivity index (χ0v) is 20.7. The number of nitrogens with zero attached hydrogens (tertiary/aromatic N) is 1. The summed E-state index contributed by atoms with van der Waals surface area (Å²) in [6.45, 7) is 5.89. The number of amides is 2. The van der Waals surface area contributed by atoms with Crippen molar-refractivity contribution >= 4 is 47.6 Å². The van der Waals surface area contributed by atoms with E-state index in [0.29, 0.717) is 12.3 Å². The maximum atomic E-state index is 12.5. The minimum atomic E-state index is -1.20. The van der Waals surface area contributed by atoms with Crippen molar-refractivity contribution in [2.24, 2.45) is 5.41 Å². The van der Waals surface area contributed by atoms with E-state index in [2.05, 4.69) is 20.7 Å². The number of carbonyl (C=O) groups excluding carboxylic acids is 4. The Morgan fingerprint density at radius 2 is 1.67 bits per heavy atom. The molecule has 0 rings (SSSR count). The first-order valence-electron chi connectivity index (χ1n) is 10.1. The van der Waals surface area contributed by atoms with Gasteiger partial charge in [0, 0.05) is 58.6 Å². The Morgan fingerprint density at radius 3 is 2.21 bits per heavy atom. The number of ether oxygens (including phenoxy) is 2. The fourth-order valence-electron chi connectivity index (χ4n) is 2.20. The van der Waals surface area contributed by atoms with Gasteiger partial charge in [0.05, 0.1) is 0 Å². The molecule has 6 N–H and O–H groups in total. The SMILES string of the molecule is CC(=O)OCC(C)(C)C(OC(C)=O)C(=O)NCCC(=O)NCCSNC(=N)NC(=N)N(C)C. The minimum Gasteiger partial charge on any atom is -0.465 e. The zero-order chi connectivity index (χ0) is 25.6. The molecule has 1 unspecified atom stereocenters. The Kier molecular flexibility index (Phi) is 13.6. The molecule has 188 valence electrons. The second-order valence-electron chi connectivity index (χ2n) is 7.84. The van der Waals surface area contributed by atoms with Gasteiger partial charge in [-0.2, -0.15) is 0 Å². The maximum absolute atomic E-state index is 12.5. The molecule has 2 amide bonds. The Labute approximate surface area is 198 Å². The van der Waals surface area contributed by atoms with Crippen molar-refractivity contribution in [3.05, 3.63) is 0 Å². The summed E-state index contributed by atoms with van der Waals surface area (Å²) < 4.78 is 12.8. The van der Waals surface area contributed by atoms with E-state index in [-0.39, 0.29) is 37.4 Å². The van der Waals surface area contributed by atoms with E-state index in [4.69, 9.17) is 20.3 Å². The molecule has 0 aliphatic rings. The van der Waals surface area contributed by atoms with Crippen molar-refractivity contribution in [3.63, 3.8) is 0 Å². The topological polar surface area (TPSA) is 186 Å². The molecule has 0 aromatic rings. The lowest BCUT2D eigenvalue weighted by atomic mass is 9.86. The van der Waals surface area contributed by atoms with Crippen LogP contribution in [0.4, 0.5) is 0 Å². The van der Waals surface area contributed by atoms with Crippen LogP contribution < -0.4 is 20.7 Å². The van der Waals surface area contributed by atoms with Gasteiger partial charge in [-0.3, -0.25) is 35.3 Å². The molecule has 0 heterocycles. The van der Waals surface area contributed by atoms with Crippen LogP contribution in [0.2, 0.25) is 0 Å². The summed E-state index contributed by atoms with van der Waals surface area (Å²) in [6, 6.07) is 0. The number of esters is 2. The lowest BCUT2D eigenvalue weighted by molar-refractivity contribution is -0.166. The van der Waals surface area contributed by atoms with Crippen LogP contribution in [-0.2, 0) is 28.7 Å². The summed E-state index contributed by atoms with van der Waals surface area (Å²) in [5, 5.41) is 23.0. The Bertz CT molecular complexity index is 729. The third kappa shape index (κ3) is 13.9. The monoisotopic (exact) mass is 489 g/mol. The second kappa shape index (κ2) is 14.9. The average molecular weight is 490 g/mol. The minimum absolute atomic E-state index is 0.0123. The molecule has 0 aromatic heterocycles. The third-order valence-electron chi connectivity index (χ3n) is 3.92. The molecule has 14 heteroatoms. The fraction of sp³-hybridized carbons (Fsp3) is 0.684. The van der Waals surface area contributed by atoms with Crippen molar-refractivity contribution in [2.45, 2.75) is 40.2 Å². The van der Waals surface area contributed by atoms with Gasteiger partial charge in [0.25, 0.3) is 5.91 Å². The molecule has 1 atom stereocenters. The molecular weight excluding hydrogens is 454 g/mol. The van der Waals surface area contributed by atoms with Crippen LogP contribution in [0.3, 0.4) is 0 Å². The van der Waals surface area contributed by atoms with E-state index in [0.717, 1.165) is 0 Å². The van der Waals surface area contributed by atoms with E-state index in [1.165, 1.54) is 30.7 Å². The highest BCUT2D eigenvalue weighted by Crippen LogP contribution is 2.24. The average Bonchev–Trinajstić information content (AvgIpc) is 2.69. The normalized spacial score (nSPS) is 11.5. The van der Waals surface area contributed by atoms with Crippen LogP contribution in [0.1, 0.15) is 34.1 Å². The predicted octanol–water partition coefficient (Wildman–Crippen LogP) is -0.612. The highest BCUT2D eigenvalue weighted by Gasteiger charge is 2.39. The van der Waals surface area contributed by atoms with Gasteiger partial charge in [-0.15, -0.1) is 0 Å². The quantitative estimate of drug-likeness (QED) is 0.0679. The molecule has 0 saturated heterocycles. The smallest absolute Gasteiger partial charge is 0.303 e. The summed E-state index contributed by atoms with van der Waals surface area (Å²) in [4.78, 5) is 48.5. The molecule has 0 aliphatic carbocycles. The Balaban J connectivity index is 4.32. The van der Waals surface area contributed by atoms with Gasteiger partial charge in [-0.1, -0.05) is 13.8 Å². The van der Waals surface area contributed by atoms with Crippen molar-refractivity contribution in [2.75, 3.05) is 39.5 Å². The predicted molar refractivity (Wildman–Crippen MR) is 124 cm³/mol. The number of nitrogens with one attached hydrogen (secondary N) is 6. The number of carbonyl (C=O) groups is 4. The standard InChI is InChI=1S/C19H35N7O6S/c1-12(27)31-11-19(3,4)15(32-13(2)28)16(30)23-8-7-14(29)22-9-10-33-25-17(20)24-18(21)26(5)6/h15H,7-11H2,1-6H3,(H,22,29)(H,23,30)(H4,20,21,24,25). The largest absolute Gasteiger partial charge is 0.465 e. The van der Waals surface area contributed by atoms with Gasteiger partial charge in [-0.05, 0) is 11.9 Å². The summed E-state index contributed by atoms with van der Waals surface area (Å²) in [5.41, 5.74) is -0.971. The van der Waals surface area contributed by atoms with Crippen LogP contribution in [0, 0.1) is 16.2 Å². The zero-order valence-electron chi connectivity index (χ0n) is 19.9. The fourth-order valence-corrected chi connectivity index (χ4v) is 2.70. The van der Waals surface area contributed by atoms with Crippen LogP contribution in [0.25, 0.3) is 0 Å². The van der Waals surface area contributed by atoms with E-state index in [1.54, 1.807) is 27.9 Å². The van der Waals surface area contributed by atoms with Crippen LogP contribution in [-0.4, -0.2) is 86.2 Å². The van der Waals surface area contributed by atoms with Gasteiger partial charge >= 0.3 is 11.9 Å². The highest BCUT2D eigenvalue weighted by molar-refractivity contribution is 7.97. The highest BCUT2D eigenvalue weighted by atomic mass is 32.2. The lowest BCUT2D eigenvalue weighted by Crippen LogP contribution is -2.49. The van der Waals surface area contributed by atoms with Crippen LogP contribution in [0.5, 0.6) is 0 Å². The van der Waals surface area contributed by atoms with Gasteiger partial charge in [0.1, 0.15) is 6.61 Å². The summed E-state index contributed by atoms with van der Waals surface area (Å²) >= 11 is 1.18. The van der Waals surface area contributed by atoms with Crippen molar-refractivity contribution in [1.82, 2.24) is 25.6 Å². The first-order chi connectivity index (χ1) is 15.3. The van der Waals surface area contributed by atoms with E-state index < -0.39 is 29.4 Å². The summed E-state index contributed by atoms with van der Waals surface area (Å²) in [5.74, 6) is -1.57. The number of hydrogen-bond acceptors (Lipinski definition) is 9. The summed E-state index contributed by atoms with van der Waals surface area (Å²) in [6.07, 6.45) is -1.18. The van der Waals surface area contributed by atoms with Crippen molar-refractivity contribution < 1.29 is 28.7 Å². The second-order valence-corrected chi connectivity index (χ2v) is 8.74. The van der Waals surface area contributed by atoms with E-state index >= 15 is 0 Å². The number of hydrogen-bond donors (Lipinski definition) is 6. The molecule has 0 radical (unpaired) electrons. The first-order valence-corrected chi connectivity index (χ1v) is 11.1. The molecule has 0 spiro atoms. The molecule has 0 saturated carbocycles. The molecule has 33 heavy (non-hydrogen) atoms. The van der Waals surface area contributed by atoms with E-state index in [1.807, 2.05) is 0 Å². The van der Waals surface area contributed by atoms with Gasteiger partial charge in [0.2, 0.25) is 11.9 Å². The van der Waals surface area contributed by atoms with Crippen molar-refractivity contribution in [3.8, 4) is 0 Å². The summed E-state index contributed by atoms with van der Waals surface area (Å²) in [7, 11) is 3.35. The van der Waals surface area contributed by atoms with Crippen LogP contribution in [0.15, 0.2) is 0 Å². The van der Waals surface area contributed by atoms with Gasteiger partial charge in [0.15, 0.2) is 12.1 Å². The number of rotatable bonds is 12. The molecule has 0 bridgehead atoms.